The Morgan fingerprint density at radius 3 is 2.92 bits per heavy atom. The molecule has 0 saturated carbocycles. The number of methoxy groups -OCH3 is 1. The Morgan fingerprint density at radius 2 is 2.38 bits per heavy atom. The lowest BCUT2D eigenvalue weighted by Gasteiger charge is -2.02. The van der Waals surface area contributed by atoms with Gasteiger partial charge in [0.2, 0.25) is 0 Å². The summed E-state index contributed by atoms with van der Waals surface area (Å²) in [4.78, 5) is 0. The SMILES string of the molecule is COc1cc(C#N)ccc1C=NO. The van der Waals surface area contributed by atoms with Gasteiger partial charge in [0.15, 0.2) is 0 Å². The van der Waals surface area contributed by atoms with Crippen molar-refractivity contribution in [2.45, 2.75) is 0 Å². The number of rotatable bonds is 2. The van der Waals surface area contributed by atoms with Gasteiger partial charge in [0.05, 0.1) is 25.0 Å². The molecule has 13 heavy (non-hydrogen) atoms. The monoisotopic (exact) mass is 176 g/mol. The molecule has 4 nitrogen and oxygen atoms in total. The molecule has 1 N–H and O–H groups in total. The van der Waals surface area contributed by atoms with Crippen LogP contribution in [0.4, 0.5) is 0 Å². The molecule has 1 aromatic rings. The van der Waals surface area contributed by atoms with Gasteiger partial charge >= 0.3 is 0 Å². The highest BCUT2D eigenvalue weighted by Gasteiger charge is 2.01. The van der Waals surface area contributed by atoms with Crippen LogP contribution in [-0.4, -0.2) is 18.5 Å². The van der Waals surface area contributed by atoms with Crippen molar-refractivity contribution in [3.05, 3.63) is 29.3 Å². The lowest BCUT2D eigenvalue weighted by atomic mass is 10.1. The van der Waals surface area contributed by atoms with Crippen molar-refractivity contribution in [1.82, 2.24) is 0 Å². The van der Waals surface area contributed by atoms with E-state index in [1.54, 1.807) is 18.2 Å². The Bertz CT molecular complexity index is 366. The maximum absolute atomic E-state index is 8.59. The molecule has 0 amide bonds. The van der Waals surface area contributed by atoms with Crippen LogP contribution in [0.25, 0.3) is 0 Å². The van der Waals surface area contributed by atoms with Crippen LogP contribution in [0.5, 0.6) is 5.75 Å². The van der Waals surface area contributed by atoms with E-state index < -0.39 is 0 Å². The number of ether oxygens (including phenoxy) is 1. The van der Waals surface area contributed by atoms with Crippen LogP contribution in [0, 0.1) is 11.3 Å². The number of benzene rings is 1. The van der Waals surface area contributed by atoms with Crippen molar-refractivity contribution < 1.29 is 9.94 Å². The number of nitriles is 1. The second-order valence-electron chi connectivity index (χ2n) is 2.31. The Kier molecular flexibility index (Phi) is 2.87. The van der Waals surface area contributed by atoms with Gasteiger partial charge in [-0.25, -0.2) is 0 Å². The minimum atomic E-state index is 0.506. The summed E-state index contributed by atoms with van der Waals surface area (Å²) in [7, 11) is 1.49. The first kappa shape index (κ1) is 9.07. The van der Waals surface area contributed by atoms with Crippen LogP contribution in [0.1, 0.15) is 11.1 Å². The van der Waals surface area contributed by atoms with E-state index in [1.165, 1.54) is 13.3 Å². The predicted octanol–water partition coefficient (Wildman–Crippen LogP) is 1.37. The fourth-order valence-corrected chi connectivity index (χ4v) is 0.950. The molecule has 0 aliphatic carbocycles. The molecular weight excluding hydrogens is 168 g/mol. The molecule has 66 valence electrons. The van der Waals surface area contributed by atoms with Crippen LogP contribution in [0.2, 0.25) is 0 Å². The van der Waals surface area contributed by atoms with Crippen LogP contribution in [0.3, 0.4) is 0 Å². The summed E-state index contributed by atoms with van der Waals surface area (Å²) in [5.41, 5.74) is 1.14. The molecule has 0 saturated heterocycles. The molecular formula is C9H8N2O2. The van der Waals surface area contributed by atoms with Crippen LogP contribution in [-0.2, 0) is 0 Å². The summed E-state index contributed by atoms with van der Waals surface area (Å²) in [5, 5.41) is 19.8. The maximum atomic E-state index is 8.59. The van der Waals surface area contributed by atoms with Crippen molar-refractivity contribution in [2.75, 3.05) is 7.11 Å². The fraction of sp³-hybridized carbons (Fsp3) is 0.111. The third-order valence-corrected chi connectivity index (χ3v) is 1.56. The van der Waals surface area contributed by atoms with Crippen molar-refractivity contribution >= 4 is 6.21 Å². The third-order valence-electron chi connectivity index (χ3n) is 1.56. The first-order valence-electron chi connectivity index (χ1n) is 3.57. The van der Waals surface area contributed by atoms with E-state index >= 15 is 0 Å². The zero-order valence-electron chi connectivity index (χ0n) is 7.06. The van der Waals surface area contributed by atoms with Crippen molar-refractivity contribution in [3.63, 3.8) is 0 Å². The highest BCUT2D eigenvalue weighted by molar-refractivity contribution is 5.83. The maximum Gasteiger partial charge on any atom is 0.129 e. The van der Waals surface area contributed by atoms with Gasteiger partial charge in [-0.05, 0) is 18.2 Å². The topological polar surface area (TPSA) is 65.6 Å². The number of oxime groups is 1. The van der Waals surface area contributed by atoms with Crippen molar-refractivity contribution in [3.8, 4) is 11.8 Å². The number of nitrogens with zero attached hydrogens (tertiary/aromatic N) is 2. The molecule has 0 atom stereocenters. The van der Waals surface area contributed by atoms with Gasteiger partial charge in [0, 0.05) is 5.56 Å². The Labute approximate surface area is 75.7 Å². The summed E-state index contributed by atoms with van der Waals surface area (Å²) in [6, 6.07) is 6.84. The molecule has 0 radical (unpaired) electrons. The van der Waals surface area contributed by atoms with Gasteiger partial charge < -0.3 is 9.94 Å². The quantitative estimate of drug-likeness (QED) is 0.420. The van der Waals surface area contributed by atoms with Crippen molar-refractivity contribution in [1.29, 1.82) is 5.26 Å². The zero-order chi connectivity index (χ0) is 9.68. The van der Waals surface area contributed by atoms with E-state index in [0.717, 1.165) is 0 Å². The molecule has 0 aliphatic heterocycles. The highest BCUT2D eigenvalue weighted by atomic mass is 16.5. The summed E-state index contributed by atoms with van der Waals surface area (Å²) in [6.45, 7) is 0. The second kappa shape index (κ2) is 4.12. The molecule has 0 heterocycles. The second-order valence-corrected chi connectivity index (χ2v) is 2.31. The van der Waals surface area contributed by atoms with Gasteiger partial charge in [-0.2, -0.15) is 5.26 Å². The minimum Gasteiger partial charge on any atom is -0.496 e. The summed E-state index contributed by atoms with van der Waals surface area (Å²) >= 11 is 0. The van der Waals surface area contributed by atoms with Gasteiger partial charge in [-0.1, -0.05) is 5.16 Å². The highest BCUT2D eigenvalue weighted by Crippen LogP contribution is 2.17. The standard InChI is InChI=1S/C9H8N2O2/c1-13-9-4-7(5-10)2-3-8(9)6-11-12/h2-4,6,12H,1H3. The number of hydrogen-bond donors (Lipinski definition) is 1. The van der Waals surface area contributed by atoms with Crippen LogP contribution in [0.15, 0.2) is 23.4 Å². The molecule has 0 aromatic heterocycles. The average Bonchev–Trinajstić information content (AvgIpc) is 2.19. The molecule has 0 aliphatic rings. The molecule has 0 unspecified atom stereocenters. The summed E-state index contributed by atoms with van der Waals surface area (Å²) < 4.78 is 4.99. The van der Waals surface area contributed by atoms with Gasteiger partial charge in [-0.3, -0.25) is 0 Å². The van der Waals surface area contributed by atoms with E-state index in [-0.39, 0.29) is 0 Å². The minimum absolute atomic E-state index is 0.506. The Hall–Kier alpha value is -2.02. The lowest BCUT2D eigenvalue weighted by molar-refractivity contribution is 0.321. The van der Waals surface area contributed by atoms with E-state index in [0.29, 0.717) is 16.9 Å². The Balaban J connectivity index is 3.17. The van der Waals surface area contributed by atoms with Crippen LogP contribution >= 0.6 is 0 Å². The van der Waals surface area contributed by atoms with Gasteiger partial charge in [0.25, 0.3) is 0 Å². The van der Waals surface area contributed by atoms with Crippen molar-refractivity contribution in [2.24, 2.45) is 5.16 Å². The molecule has 0 fully saturated rings. The third kappa shape index (κ3) is 1.97. The largest absolute Gasteiger partial charge is 0.496 e. The van der Waals surface area contributed by atoms with Gasteiger partial charge in [0.1, 0.15) is 5.75 Å². The molecule has 0 bridgehead atoms. The predicted molar refractivity (Wildman–Crippen MR) is 47.1 cm³/mol. The van der Waals surface area contributed by atoms with Crippen LogP contribution < -0.4 is 4.74 Å². The normalized spacial score (nSPS) is 9.85. The lowest BCUT2D eigenvalue weighted by Crippen LogP contribution is -1.91. The fourth-order valence-electron chi connectivity index (χ4n) is 0.950. The van der Waals surface area contributed by atoms with E-state index in [1.807, 2.05) is 6.07 Å². The first-order valence-corrected chi connectivity index (χ1v) is 3.57. The Morgan fingerprint density at radius 1 is 1.62 bits per heavy atom. The van der Waals surface area contributed by atoms with E-state index in [2.05, 4.69) is 5.16 Å². The first-order chi connectivity index (χ1) is 6.31. The summed E-state index contributed by atoms with van der Waals surface area (Å²) in [6.07, 6.45) is 1.25. The van der Waals surface area contributed by atoms with E-state index in [4.69, 9.17) is 15.2 Å². The zero-order valence-corrected chi connectivity index (χ0v) is 7.06. The smallest absolute Gasteiger partial charge is 0.129 e. The summed E-state index contributed by atoms with van der Waals surface area (Å²) in [5.74, 6) is 0.511. The molecule has 1 aromatic carbocycles. The van der Waals surface area contributed by atoms with E-state index in [9.17, 15) is 0 Å². The molecule has 4 heteroatoms. The molecule has 0 spiro atoms. The van der Waals surface area contributed by atoms with Gasteiger partial charge in [-0.15, -0.1) is 0 Å². The number of hydrogen-bond acceptors (Lipinski definition) is 4. The molecule has 1 rings (SSSR count). The average molecular weight is 176 g/mol.